The number of nitrogens with one attached hydrogen (secondary N) is 1. The lowest BCUT2D eigenvalue weighted by Gasteiger charge is -2.05. The molecule has 0 bridgehead atoms. The fourth-order valence-electron chi connectivity index (χ4n) is 2.29. The zero-order chi connectivity index (χ0) is 15.0. The third-order valence-electron chi connectivity index (χ3n) is 3.32. The molecule has 0 spiro atoms. The first-order chi connectivity index (χ1) is 10.1. The molecular weight excluding hydrogens is 307 g/mol. The van der Waals surface area contributed by atoms with Crippen molar-refractivity contribution in [2.45, 2.75) is 0 Å². The molecular formula is C16H12Cl2N2O. The molecule has 0 radical (unpaired) electrons. The predicted octanol–water partition coefficient (Wildman–Crippen LogP) is 4.74. The zero-order valence-electron chi connectivity index (χ0n) is 11.2. The van der Waals surface area contributed by atoms with Gasteiger partial charge in [0.1, 0.15) is 0 Å². The Morgan fingerprint density at radius 3 is 2.62 bits per heavy atom. The summed E-state index contributed by atoms with van der Waals surface area (Å²) in [5.41, 5.74) is 2.25. The summed E-state index contributed by atoms with van der Waals surface area (Å²) in [6, 6.07) is 12.8. The molecule has 3 nitrogen and oxygen atoms in total. The van der Waals surface area contributed by atoms with E-state index in [2.05, 4.69) is 5.32 Å². The number of para-hydroxylation sites is 1. The number of hydrogen-bond donors (Lipinski definition) is 1. The molecule has 1 amide bonds. The van der Waals surface area contributed by atoms with E-state index in [-0.39, 0.29) is 5.91 Å². The summed E-state index contributed by atoms with van der Waals surface area (Å²) < 4.78 is 1.93. The second-order valence-corrected chi connectivity index (χ2v) is 5.57. The van der Waals surface area contributed by atoms with Crippen molar-refractivity contribution in [1.82, 2.24) is 4.57 Å². The molecule has 5 heteroatoms. The Bertz CT molecular complexity index is 839. The summed E-state index contributed by atoms with van der Waals surface area (Å²) in [4.78, 5) is 12.4. The molecule has 1 aromatic heterocycles. The number of fused-ring (bicyclic) bond motifs is 1. The molecule has 0 saturated heterocycles. The topological polar surface area (TPSA) is 34.0 Å². The van der Waals surface area contributed by atoms with Gasteiger partial charge >= 0.3 is 0 Å². The lowest BCUT2D eigenvalue weighted by molar-refractivity contribution is 0.102. The largest absolute Gasteiger partial charge is 0.350 e. The summed E-state index contributed by atoms with van der Waals surface area (Å²) >= 11 is 11.8. The number of benzene rings is 2. The van der Waals surface area contributed by atoms with Crippen LogP contribution in [0, 0.1) is 0 Å². The molecule has 0 fully saturated rings. The van der Waals surface area contributed by atoms with Crippen molar-refractivity contribution in [2.24, 2.45) is 7.05 Å². The van der Waals surface area contributed by atoms with Crippen molar-refractivity contribution in [3.8, 4) is 0 Å². The number of halogens is 2. The number of rotatable bonds is 2. The van der Waals surface area contributed by atoms with E-state index in [1.807, 2.05) is 42.1 Å². The number of aromatic nitrogens is 1. The Morgan fingerprint density at radius 1 is 1.10 bits per heavy atom. The van der Waals surface area contributed by atoms with Gasteiger partial charge in [0.2, 0.25) is 0 Å². The number of carbonyl (C=O) groups is 1. The lowest BCUT2D eigenvalue weighted by atomic mass is 10.1. The van der Waals surface area contributed by atoms with Gasteiger partial charge < -0.3 is 9.88 Å². The van der Waals surface area contributed by atoms with Gasteiger partial charge in [0.25, 0.3) is 5.91 Å². The van der Waals surface area contributed by atoms with E-state index >= 15 is 0 Å². The SMILES string of the molecule is Cn1cc(C(=O)Nc2ccc(Cl)c(Cl)c2)c2ccccc21. The number of amides is 1. The van der Waals surface area contributed by atoms with E-state index in [0.29, 0.717) is 21.3 Å². The first-order valence-electron chi connectivity index (χ1n) is 6.37. The van der Waals surface area contributed by atoms with Crippen LogP contribution in [0.1, 0.15) is 10.4 Å². The van der Waals surface area contributed by atoms with E-state index in [9.17, 15) is 4.79 Å². The van der Waals surface area contributed by atoms with E-state index in [0.717, 1.165) is 10.9 Å². The third kappa shape index (κ3) is 2.62. The molecule has 0 unspecified atom stereocenters. The molecule has 106 valence electrons. The fraction of sp³-hybridized carbons (Fsp3) is 0.0625. The highest BCUT2D eigenvalue weighted by Crippen LogP contribution is 2.26. The maximum atomic E-state index is 12.4. The second-order valence-electron chi connectivity index (χ2n) is 4.75. The molecule has 0 atom stereocenters. The number of anilines is 1. The van der Waals surface area contributed by atoms with Crippen LogP contribution >= 0.6 is 23.2 Å². The van der Waals surface area contributed by atoms with Crippen LogP contribution in [0.25, 0.3) is 10.9 Å². The van der Waals surface area contributed by atoms with Gasteiger partial charge in [0.05, 0.1) is 15.6 Å². The van der Waals surface area contributed by atoms with Crippen molar-refractivity contribution < 1.29 is 4.79 Å². The smallest absolute Gasteiger partial charge is 0.257 e. The van der Waals surface area contributed by atoms with Gasteiger partial charge in [-0.1, -0.05) is 41.4 Å². The summed E-state index contributed by atoms with van der Waals surface area (Å²) in [6.45, 7) is 0. The molecule has 2 aromatic carbocycles. The minimum absolute atomic E-state index is 0.176. The van der Waals surface area contributed by atoms with Crippen molar-refractivity contribution in [2.75, 3.05) is 5.32 Å². The molecule has 3 rings (SSSR count). The second kappa shape index (κ2) is 5.43. The van der Waals surface area contributed by atoms with Gasteiger partial charge in [-0.15, -0.1) is 0 Å². The molecule has 0 aliphatic heterocycles. The van der Waals surface area contributed by atoms with Crippen molar-refractivity contribution in [3.63, 3.8) is 0 Å². The van der Waals surface area contributed by atoms with Crippen LogP contribution in [0.4, 0.5) is 5.69 Å². The minimum Gasteiger partial charge on any atom is -0.350 e. The fourth-order valence-corrected chi connectivity index (χ4v) is 2.59. The minimum atomic E-state index is -0.176. The lowest BCUT2D eigenvalue weighted by Crippen LogP contribution is -2.11. The first kappa shape index (κ1) is 14.0. The maximum Gasteiger partial charge on any atom is 0.257 e. The summed E-state index contributed by atoms with van der Waals surface area (Å²) in [6.07, 6.45) is 1.82. The standard InChI is InChI=1S/C16H12Cl2N2O/c1-20-9-12(11-4-2-3-5-15(11)20)16(21)19-10-6-7-13(17)14(18)8-10/h2-9H,1H3,(H,19,21). The highest BCUT2D eigenvalue weighted by molar-refractivity contribution is 6.42. The normalized spacial score (nSPS) is 10.8. The van der Waals surface area contributed by atoms with Crippen molar-refractivity contribution >= 4 is 45.7 Å². The average Bonchev–Trinajstić information content (AvgIpc) is 2.81. The highest BCUT2D eigenvalue weighted by Gasteiger charge is 2.14. The Hall–Kier alpha value is -1.97. The van der Waals surface area contributed by atoms with Crippen LogP contribution in [0.5, 0.6) is 0 Å². The van der Waals surface area contributed by atoms with Crippen LogP contribution in [-0.4, -0.2) is 10.5 Å². The van der Waals surface area contributed by atoms with E-state index in [1.165, 1.54) is 0 Å². The molecule has 0 aliphatic carbocycles. The van der Waals surface area contributed by atoms with Crippen LogP contribution < -0.4 is 5.32 Å². The van der Waals surface area contributed by atoms with Gasteiger partial charge in [-0.05, 0) is 24.3 Å². The predicted molar refractivity (Wildman–Crippen MR) is 87.3 cm³/mol. The third-order valence-corrected chi connectivity index (χ3v) is 4.06. The van der Waals surface area contributed by atoms with Crippen LogP contribution in [-0.2, 0) is 7.05 Å². The number of aryl methyl sites for hydroxylation is 1. The number of nitrogens with zero attached hydrogens (tertiary/aromatic N) is 1. The Kier molecular flexibility index (Phi) is 3.62. The maximum absolute atomic E-state index is 12.4. The van der Waals surface area contributed by atoms with Gasteiger partial charge in [-0.2, -0.15) is 0 Å². The Labute approximate surface area is 132 Å². The Morgan fingerprint density at radius 2 is 1.86 bits per heavy atom. The quantitative estimate of drug-likeness (QED) is 0.727. The van der Waals surface area contributed by atoms with Gasteiger partial charge in [0, 0.05) is 29.8 Å². The van der Waals surface area contributed by atoms with E-state index < -0.39 is 0 Å². The summed E-state index contributed by atoms with van der Waals surface area (Å²) in [5.74, 6) is -0.176. The molecule has 0 aliphatic rings. The van der Waals surface area contributed by atoms with Gasteiger partial charge in [-0.25, -0.2) is 0 Å². The van der Waals surface area contributed by atoms with E-state index in [1.54, 1.807) is 18.2 Å². The number of hydrogen-bond acceptors (Lipinski definition) is 1. The zero-order valence-corrected chi connectivity index (χ0v) is 12.7. The average molecular weight is 319 g/mol. The highest BCUT2D eigenvalue weighted by atomic mass is 35.5. The molecule has 1 N–H and O–H groups in total. The van der Waals surface area contributed by atoms with Crippen LogP contribution in [0.3, 0.4) is 0 Å². The summed E-state index contributed by atoms with van der Waals surface area (Å²) in [7, 11) is 1.91. The first-order valence-corrected chi connectivity index (χ1v) is 7.12. The molecule has 21 heavy (non-hydrogen) atoms. The monoisotopic (exact) mass is 318 g/mol. The molecule has 3 aromatic rings. The Balaban J connectivity index is 1.95. The van der Waals surface area contributed by atoms with Gasteiger partial charge in [0.15, 0.2) is 0 Å². The summed E-state index contributed by atoms with van der Waals surface area (Å²) in [5, 5.41) is 4.62. The molecule has 1 heterocycles. The van der Waals surface area contributed by atoms with Crippen LogP contribution in [0.15, 0.2) is 48.7 Å². The molecule has 0 saturated carbocycles. The van der Waals surface area contributed by atoms with Crippen molar-refractivity contribution in [1.29, 1.82) is 0 Å². The van der Waals surface area contributed by atoms with E-state index in [4.69, 9.17) is 23.2 Å². The van der Waals surface area contributed by atoms with Crippen molar-refractivity contribution in [3.05, 3.63) is 64.3 Å². The van der Waals surface area contributed by atoms with Gasteiger partial charge in [-0.3, -0.25) is 4.79 Å². The number of carbonyl (C=O) groups excluding carboxylic acids is 1. The van der Waals surface area contributed by atoms with Crippen LogP contribution in [0.2, 0.25) is 10.0 Å².